The lowest BCUT2D eigenvalue weighted by atomic mass is 10.2. The van der Waals surface area contributed by atoms with Crippen LogP contribution in [0.2, 0.25) is 4.34 Å². The Hall–Kier alpha value is -1.59. The second kappa shape index (κ2) is 5.37. The Morgan fingerprint density at radius 2 is 2.28 bits per heavy atom. The van der Waals surface area contributed by atoms with Gasteiger partial charge in [0.15, 0.2) is 5.69 Å². The number of aromatic nitrogens is 1. The van der Waals surface area contributed by atoms with Gasteiger partial charge in [-0.15, -0.1) is 11.3 Å². The van der Waals surface area contributed by atoms with Crippen molar-refractivity contribution in [3.05, 3.63) is 45.4 Å². The van der Waals surface area contributed by atoms with Crippen molar-refractivity contribution in [3.8, 4) is 5.75 Å². The molecule has 0 aliphatic rings. The summed E-state index contributed by atoms with van der Waals surface area (Å²) in [5.74, 6) is -0.545. The van der Waals surface area contributed by atoms with Crippen LogP contribution in [0.4, 0.5) is 0 Å². The minimum atomic E-state index is -0.412. The van der Waals surface area contributed by atoms with E-state index >= 15 is 0 Å². The SMILES string of the molecule is CC(NC(=O)c1ncccc1O)c1ccc(Cl)s1. The Bertz CT molecular complexity index is 571. The van der Waals surface area contributed by atoms with E-state index in [0.717, 1.165) is 4.88 Å². The van der Waals surface area contributed by atoms with Gasteiger partial charge in [0.05, 0.1) is 10.4 Å². The zero-order chi connectivity index (χ0) is 13.1. The Balaban J connectivity index is 2.10. The van der Waals surface area contributed by atoms with E-state index in [4.69, 9.17) is 11.6 Å². The van der Waals surface area contributed by atoms with Gasteiger partial charge in [-0.25, -0.2) is 4.98 Å². The van der Waals surface area contributed by atoms with Crippen LogP contribution in [0.5, 0.6) is 5.75 Å². The highest BCUT2D eigenvalue weighted by molar-refractivity contribution is 7.16. The van der Waals surface area contributed by atoms with E-state index in [2.05, 4.69) is 10.3 Å². The summed E-state index contributed by atoms with van der Waals surface area (Å²) in [4.78, 5) is 16.7. The van der Waals surface area contributed by atoms with Gasteiger partial charge in [0.2, 0.25) is 0 Å². The van der Waals surface area contributed by atoms with Crippen molar-refractivity contribution < 1.29 is 9.90 Å². The Kier molecular flexibility index (Phi) is 3.84. The van der Waals surface area contributed by atoms with Crippen LogP contribution in [0.1, 0.15) is 28.3 Å². The predicted octanol–water partition coefficient (Wildman–Crippen LogP) is 2.99. The first kappa shape index (κ1) is 12.9. The summed E-state index contributed by atoms with van der Waals surface area (Å²) in [5, 5.41) is 12.3. The number of hydrogen-bond donors (Lipinski definition) is 2. The van der Waals surface area contributed by atoms with Crippen LogP contribution in [0.25, 0.3) is 0 Å². The highest BCUT2D eigenvalue weighted by atomic mass is 35.5. The number of pyridine rings is 1. The molecule has 18 heavy (non-hydrogen) atoms. The van der Waals surface area contributed by atoms with Gasteiger partial charge in [-0.05, 0) is 31.2 Å². The van der Waals surface area contributed by atoms with Crippen LogP contribution in [0.3, 0.4) is 0 Å². The maximum Gasteiger partial charge on any atom is 0.274 e. The van der Waals surface area contributed by atoms with E-state index in [1.807, 2.05) is 13.0 Å². The second-order valence-corrected chi connectivity index (χ2v) is 5.45. The van der Waals surface area contributed by atoms with E-state index in [9.17, 15) is 9.90 Å². The molecule has 0 bridgehead atoms. The lowest BCUT2D eigenvalue weighted by Crippen LogP contribution is -2.26. The van der Waals surface area contributed by atoms with Gasteiger partial charge < -0.3 is 10.4 Å². The molecule has 0 aliphatic heterocycles. The van der Waals surface area contributed by atoms with Crippen LogP contribution in [0.15, 0.2) is 30.5 Å². The molecule has 0 fully saturated rings. The summed E-state index contributed by atoms with van der Waals surface area (Å²) < 4.78 is 0.673. The molecule has 0 aromatic carbocycles. The number of nitrogens with one attached hydrogen (secondary N) is 1. The van der Waals surface area contributed by atoms with Crippen molar-refractivity contribution in [2.75, 3.05) is 0 Å². The zero-order valence-electron chi connectivity index (χ0n) is 9.55. The molecule has 1 unspecified atom stereocenters. The molecule has 0 spiro atoms. The average molecular weight is 283 g/mol. The van der Waals surface area contributed by atoms with Crippen molar-refractivity contribution in [1.29, 1.82) is 0 Å². The fourth-order valence-corrected chi connectivity index (χ4v) is 2.53. The standard InChI is InChI=1S/C12H11ClN2O2S/c1-7(9-4-5-10(13)18-9)15-12(17)11-8(16)3-2-6-14-11/h2-7,16H,1H3,(H,15,17). The van der Waals surface area contributed by atoms with E-state index in [-0.39, 0.29) is 17.5 Å². The quantitative estimate of drug-likeness (QED) is 0.910. The molecule has 0 radical (unpaired) electrons. The number of thiophene rings is 1. The number of amides is 1. The van der Waals surface area contributed by atoms with E-state index in [1.54, 1.807) is 12.1 Å². The van der Waals surface area contributed by atoms with Crippen LogP contribution < -0.4 is 5.32 Å². The van der Waals surface area contributed by atoms with Crippen molar-refractivity contribution in [1.82, 2.24) is 10.3 Å². The number of carbonyl (C=O) groups is 1. The van der Waals surface area contributed by atoms with Gasteiger partial charge in [0.25, 0.3) is 5.91 Å². The summed E-state index contributed by atoms with van der Waals surface area (Å²) in [6.45, 7) is 1.85. The van der Waals surface area contributed by atoms with Gasteiger partial charge >= 0.3 is 0 Å². The Labute approximate surface area is 113 Å². The monoisotopic (exact) mass is 282 g/mol. The number of hydrogen-bond acceptors (Lipinski definition) is 4. The molecule has 2 aromatic heterocycles. The van der Waals surface area contributed by atoms with E-state index in [0.29, 0.717) is 4.34 Å². The molecule has 6 heteroatoms. The lowest BCUT2D eigenvalue weighted by molar-refractivity contribution is 0.0932. The highest BCUT2D eigenvalue weighted by Crippen LogP contribution is 2.27. The molecule has 0 aliphatic carbocycles. The fraction of sp³-hybridized carbons (Fsp3) is 0.167. The first-order valence-corrected chi connectivity index (χ1v) is 6.47. The minimum absolute atomic E-state index is 0.0204. The van der Waals surface area contributed by atoms with Gasteiger partial charge in [-0.3, -0.25) is 4.79 Å². The van der Waals surface area contributed by atoms with Crippen molar-refractivity contribution >= 4 is 28.8 Å². The first-order chi connectivity index (χ1) is 8.58. The molecule has 0 saturated carbocycles. The normalized spacial score (nSPS) is 12.1. The summed E-state index contributed by atoms with van der Waals surface area (Å²) in [6.07, 6.45) is 1.46. The first-order valence-electron chi connectivity index (χ1n) is 5.28. The Morgan fingerprint density at radius 1 is 1.50 bits per heavy atom. The summed E-state index contributed by atoms with van der Waals surface area (Å²) in [7, 11) is 0. The largest absolute Gasteiger partial charge is 0.505 e. The zero-order valence-corrected chi connectivity index (χ0v) is 11.1. The summed E-state index contributed by atoms with van der Waals surface area (Å²) >= 11 is 7.24. The third-order valence-electron chi connectivity index (χ3n) is 2.37. The molecule has 2 rings (SSSR count). The topological polar surface area (TPSA) is 62.2 Å². The van der Waals surface area contributed by atoms with Crippen LogP contribution in [-0.2, 0) is 0 Å². The van der Waals surface area contributed by atoms with Crippen LogP contribution in [-0.4, -0.2) is 16.0 Å². The molecule has 4 nitrogen and oxygen atoms in total. The number of halogens is 1. The van der Waals surface area contributed by atoms with E-state index < -0.39 is 5.91 Å². The molecule has 2 N–H and O–H groups in total. The van der Waals surface area contributed by atoms with Gasteiger partial charge in [0.1, 0.15) is 5.75 Å². The fourth-order valence-electron chi connectivity index (χ4n) is 1.47. The number of nitrogens with zero attached hydrogens (tertiary/aromatic N) is 1. The molecule has 2 aromatic rings. The third-order valence-corrected chi connectivity index (χ3v) is 3.78. The number of carbonyl (C=O) groups excluding carboxylic acids is 1. The number of rotatable bonds is 3. The van der Waals surface area contributed by atoms with Crippen LogP contribution in [0, 0.1) is 0 Å². The molecule has 1 atom stereocenters. The van der Waals surface area contributed by atoms with Crippen LogP contribution >= 0.6 is 22.9 Å². The summed E-state index contributed by atoms with van der Waals surface area (Å²) in [5.41, 5.74) is 0.0204. The van der Waals surface area contributed by atoms with Crippen molar-refractivity contribution in [3.63, 3.8) is 0 Å². The Morgan fingerprint density at radius 3 is 2.89 bits per heavy atom. The summed E-state index contributed by atoms with van der Waals surface area (Å²) in [6, 6.07) is 6.44. The van der Waals surface area contributed by atoms with Gasteiger partial charge in [0, 0.05) is 11.1 Å². The molecular formula is C12H11ClN2O2S. The second-order valence-electron chi connectivity index (χ2n) is 3.71. The van der Waals surface area contributed by atoms with E-state index in [1.165, 1.54) is 23.6 Å². The lowest BCUT2D eigenvalue weighted by Gasteiger charge is -2.12. The number of aromatic hydroxyl groups is 1. The van der Waals surface area contributed by atoms with Crippen molar-refractivity contribution in [2.24, 2.45) is 0 Å². The third kappa shape index (κ3) is 2.80. The molecule has 1 amide bonds. The predicted molar refractivity (Wildman–Crippen MR) is 71.1 cm³/mol. The molecule has 2 heterocycles. The molecular weight excluding hydrogens is 272 g/mol. The highest BCUT2D eigenvalue weighted by Gasteiger charge is 2.16. The maximum absolute atomic E-state index is 11.9. The smallest absolute Gasteiger partial charge is 0.274 e. The van der Waals surface area contributed by atoms with Gasteiger partial charge in [-0.2, -0.15) is 0 Å². The molecule has 94 valence electrons. The van der Waals surface area contributed by atoms with Gasteiger partial charge in [-0.1, -0.05) is 11.6 Å². The maximum atomic E-state index is 11.9. The minimum Gasteiger partial charge on any atom is -0.505 e. The van der Waals surface area contributed by atoms with Crippen molar-refractivity contribution in [2.45, 2.75) is 13.0 Å². The average Bonchev–Trinajstić information content (AvgIpc) is 2.76. The molecule has 0 saturated heterocycles.